The first-order valence-electron chi connectivity index (χ1n) is 9.28. The number of halogens is 1. The molecule has 0 fully saturated rings. The monoisotopic (exact) mass is 512 g/mol. The molecule has 0 saturated carbocycles. The Labute approximate surface area is 189 Å². The van der Waals surface area contributed by atoms with E-state index in [1.807, 2.05) is 50.2 Å². The van der Waals surface area contributed by atoms with Gasteiger partial charge < -0.3 is 25.4 Å². The number of rotatable bonds is 8. The van der Waals surface area contributed by atoms with Gasteiger partial charge in [0.05, 0.1) is 20.3 Å². The van der Waals surface area contributed by atoms with E-state index in [-0.39, 0.29) is 29.9 Å². The van der Waals surface area contributed by atoms with Crippen molar-refractivity contribution in [3.05, 3.63) is 53.6 Å². The number of hydrogen-bond acceptors (Lipinski definition) is 4. The van der Waals surface area contributed by atoms with Crippen LogP contribution in [0.3, 0.4) is 0 Å². The number of carbonyl (C=O) groups excluding carboxylic acids is 1. The van der Waals surface area contributed by atoms with Crippen molar-refractivity contribution < 1.29 is 14.3 Å². The molecule has 1 amide bonds. The number of ether oxygens (including phenoxy) is 2. The van der Waals surface area contributed by atoms with Gasteiger partial charge in [0.15, 0.2) is 17.5 Å². The highest BCUT2D eigenvalue weighted by Crippen LogP contribution is 2.30. The summed E-state index contributed by atoms with van der Waals surface area (Å²) in [4.78, 5) is 16.4. The highest BCUT2D eigenvalue weighted by molar-refractivity contribution is 14.0. The van der Waals surface area contributed by atoms with Gasteiger partial charge in [-0.15, -0.1) is 24.0 Å². The van der Waals surface area contributed by atoms with E-state index >= 15 is 0 Å². The topological polar surface area (TPSA) is 84.0 Å². The molecule has 2 aromatic rings. The zero-order chi connectivity index (χ0) is 20.4. The highest BCUT2D eigenvalue weighted by Gasteiger charge is 2.07. The fourth-order valence-corrected chi connectivity index (χ4v) is 2.59. The number of nitrogens with zero attached hydrogens (tertiary/aromatic N) is 1. The van der Waals surface area contributed by atoms with Crippen molar-refractivity contribution in [1.29, 1.82) is 0 Å². The largest absolute Gasteiger partial charge is 0.493 e. The Bertz CT molecular complexity index is 827. The average Bonchev–Trinajstić information content (AvgIpc) is 2.73. The molecule has 0 aliphatic carbocycles. The number of hydrogen-bond donors (Lipinski definition) is 3. The average molecular weight is 512 g/mol. The molecular formula is C21H29IN4O3. The van der Waals surface area contributed by atoms with Gasteiger partial charge in [-0.2, -0.15) is 0 Å². The maximum absolute atomic E-state index is 11.8. The van der Waals surface area contributed by atoms with E-state index in [0.717, 1.165) is 17.8 Å². The summed E-state index contributed by atoms with van der Waals surface area (Å²) >= 11 is 0. The molecule has 0 spiro atoms. The molecule has 8 heteroatoms. The van der Waals surface area contributed by atoms with Gasteiger partial charge >= 0.3 is 0 Å². The number of methoxy groups -OCH3 is 1. The molecule has 0 aromatic heterocycles. The van der Waals surface area contributed by atoms with Crippen molar-refractivity contribution >= 4 is 41.5 Å². The van der Waals surface area contributed by atoms with Crippen LogP contribution < -0.4 is 25.4 Å². The van der Waals surface area contributed by atoms with Gasteiger partial charge in [0.1, 0.15) is 0 Å². The van der Waals surface area contributed by atoms with Gasteiger partial charge in [0.25, 0.3) is 5.91 Å². The van der Waals surface area contributed by atoms with Crippen LogP contribution in [0.15, 0.2) is 47.5 Å². The van der Waals surface area contributed by atoms with Gasteiger partial charge in [-0.3, -0.25) is 4.79 Å². The van der Waals surface area contributed by atoms with E-state index in [1.165, 1.54) is 0 Å². The van der Waals surface area contributed by atoms with E-state index < -0.39 is 0 Å². The Morgan fingerprint density at radius 2 is 1.90 bits per heavy atom. The van der Waals surface area contributed by atoms with Crippen molar-refractivity contribution in [2.75, 3.05) is 32.6 Å². The molecule has 0 aliphatic heterocycles. The maximum Gasteiger partial charge on any atom is 0.251 e. The first-order valence-corrected chi connectivity index (χ1v) is 9.28. The molecule has 0 heterocycles. The summed E-state index contributed by atoms with van der Waals surface area (Å²) < 4.78 is 10.9. The van der Waals surface area contributed by atoms with Gasteiger partial charge in [0, 0.05) is 30.9 Å². The van der Waals surface area contributed by atoms with E-state index in [1.54, 1.807) is 20.2 Å². The molecular weight excluding hydrogens is 483 g/mol. The van der Waals surface area contributed by atoms with Crippen LogP contribution in [-0.2, 0) is 6.54 Å². The third-order valence-electron chi connectivity index (χ3n) is 3.91. The smallest absolute Gasteiger partial charge is 0.251 e. The maximum atomic E-state index is 11.8. The molecule has 29 heavy (non-hydrogen) atoms. The standard InChI is InChI=1S/C21H28N4O3.HI/c1-5-23-21(24-14-15-8-7-9-16(12-15)20(26)22-3)25-17-10-11-18(28-6-2)19(13-17)27-4;/h7-13H,5-6,14H2,1-4H3,(H,22,26)(H2,23,24,25);1H. The van der Waals surface area contributed by atoms with Crippen LogP contribution in [0.4, 0.5) is 5.69 Å². The van der Waals surface area contributed by atoms with E-state index in [9.17, 15) is 4.79 Å². The third-order valence-corrected chi connectivity index (χ3v) is 3.91. The molecule has 0 aliphatic rings. The molecule has 3 N–H and O–H groups in total. The minimum Gasteiger partial charge on any atom is -0.493 e. The number of nitrogens with one attached hydrogen (secondary N) is 3. The van der Waals surface area contributed by atoms with Crippen LogP contribution in [0.25, 0.3) is 0 Å². The van der Waals surface area contributed by atoms with E-state index in [2.05, 4.69) is 20.9 Å². The minimum atomic E-state index is -0.114. The Kier molecular flexibility index (Phi) is 10.9. The van der Waals surface area contributed by atoms with Crippen LogP contribution in [0.2, 0.25) is 0 Å². The van der Waals surface area contributed by atoms with E-state index in [4.69, 9.17) is 9.47 Å². The quantitative estimate of drug-likeness (QED) is 0.286. The van der Waals surface area contributed by atoms with Gasteiger partial charge in [-0.25, -0.2) is 4.99 Å². The second-order valence-electron chi connectivity index (χ2n) is 5.90. The van der Waals surface area contributed by atoms with Crippen molar-refractivity contribution in [3.8, 4) is 11.5 Å². The number of anilines is 1. The molecule has 158 valence electrons. The summed E-state index contributed by atoms with van der Waals surface area (Å²) in [6.07, 6.45) is 0. The van der Waals surface area contributed by atoms with Gasteiger partial charge in [-0.1, -0.05) is 12.1 Å². The van der Waals surface area contributed by atoms with Crippen molar-refractivity contribution in [2.24, 2.45) is 4.99 Å². The zero-order valence-electron chi connectivity index (χ0n) is 17.2. The van der Waals surface area contributed by atoms with Crippen molar-refractivity contribution in [2.45, 2.75) is 20.4 Å². The summed E-state index contributed by atoms with van der Waals surface area (Å²) in [5.41, 5.74) is 2.39. The first-order chi connectivity index (χ1) is 13.6. The molecule has 2 rings (SSSR count). The fraction of sp³-hybridized carbons (Fsp3) is 0.333. The summed E-state index contributed by atoms with van der Waals surface area (Å²) in [6, 6.07) is 13.1. The lowest BCUT2D eigenvalue weighted by atomic mass is 10.1. The summed E-state index contributed by atoms with van der Waals surface area (Å²) in [6.45, 7) is 5.66. The first kappa shape index (κ1) is 24.5. The van der Waals surface area contributed by atoms with Crippen LogP contribution in [0.1, 0.15) is 29.8 Å². The van der Waals surface area contributed by atoms with Crippen LogP contribution in [0.5, 0.6) is 11.5 Å². The van der Waals surface area contributed by atoms with Crippen molar-refractivity contribution in [1.82, 2.24) is 10.6 Å². The summed E-state index contributed by atoms with van der Waals surface area (Å²) in [5.74, 6) is 1.88. The Hall–Kier alpha value is -2.49. The van der Waals surface area contributed by atoms with Crippen molar-refractivity contribution in [3.63, 3.8) is 0 Å². The minimum absolute atomic E-state index is 0. The lowest BCUT2D eigenvalue weighted by Crippen LogP contribution is -2.30. The zero-order valence-corrected chi connectivity index (χ0v) is 19.6. The predicted octanol–water partition coefficient (Wildman–Crippen LogP) is 3.65. The molecule has 0 unspecified atom stereocenters. The molecule has 0 radical (unpaired) electrons. The number of amides is 1. The summed E-state index contributed by atoms with van der Waals surface area (Å²) in [7, 11) is 3.23. The number of guanidine groups is 1. The number of carbonyl (C=O) groups is 1. The van der Waals surface area contributed by atoms with Gasteiger partial charge in [0.2, 0.25) is 0 Å². The second-order valence-corrected chi connectivity index (χ2v) is 5.90. The Morgan fingerprint density at radius 3 is 2.55 bits per heavy atom. The van der Waals surface area contributed by atoms with Crippen LogP contribution >= 0.6 is 24.0 Å². The van der Waals surface area contributed by atoms with Crippen LogP contribution in [-0.4, -0.2) is 39.2 Å². The SMILES string of the molecule is CCNC(=NCc1cccc(C(=O)NC)c1)Nc1ccc(OCC)c(OC)c1.I. The highest BCUT2D eigenvalue weighted by atomic mass is 127. The molecule has 7 nitrogen and oxygen atoms in total. The molecule has 2 aromatic carbocycles. The second kappa shape index (κ2) is 12.9. The Balaban J connectivity index is 0.00000420. The number of benzene rings is 2. The lowest BCUT2D eigenvalue weighted by Gasteiger charge is -2.14. The molecule has 0 bridgehead atoms. The van der Waals surface area contributed by atoms with E-state index in [0.29, 0.717) is 36.2 Å². The number of aliphatic imine (C=N–C) groups is 1. The summed E-state index contributed by atoms with van der Waals surface area (Å²) in [5, 5.41) is 9.11. The third kappa shape index (κ3) is 7.45. The Morgan fingerprint density at radius 1 is 1.10 bits per heavy atom. The molecule has 0 atom stereocenters. The lowest BCUT2D eigenvalue weighted by molar-refractivity contribution is 0.0963. The predicted molar refractivity (Wildman–Crippen MR) is 128 cm³/mol. The van der Waals surface area contributed by atoms with Gasteiger partial charge in [-0.05, 0) is 43.7 Å². The van der Waals surface area contributed by atoms with Crippen LogP contribution in [0, 0.1) is 0 Å². The fourth-order valence-electron chi connectivity index (χ4n) is 2.59. The normalized spacial score (nSPS) is 10.6. The molecule has 0 saturated heterocycles.